The summed E-state index contributed by atoms with van der Waals surface area (Å²) in [5, 5.41) is 5.75. The molecule has 26 heavy (non-hydrogen) atoms. The second kappa shape index (κ2) is 5.96. The molecule has 2 aromatic rings. The zero-order valence-corrected chi connectivity index (χ0v) is 14.0. The molecule has 136 valence electrons. The van der Waals surface area contributed by atoms with Crippen molar-refractivity contribution in [3.8, 4) is 0 Å². The van der Waals surface area contributed by atoms with Gasteiger partial charge in [-0.2, -0.15) is 13.2 Å². The van der Waals surface area contributed by atoms with Crippen LogP contribution in [0.25, 0.3) is 0 Å². The van der Waals surface area contributed by atoms with Crippen LogP contribution in [0.1, 0.15) is 47.1 Å². The zero-order chi connectivity index (χ0) is 18.5. The Morgan fingerprint density at radius 2 is 2.08 bits per heavy atom. The number of carbonyl (C=O) groups is 1. The fourth-order valence-corrected chi connectivity index (χ4v) is 3.98. The van der Waals surface area contributed by atoms with Crippen molar-refractivity contribution in [2.24, 2.45) is 0 Å². The van der Waals surface area contributed by atoms with Crippen LogP contribution in [-0.4, -0.2) is 22.4 Å². The number of hydrogen-bond acceptors (Lipinski definition) is 4. The summed E-state index contributed by atoms with van der Waals surface area (Å²) in [4.78, 5) is 19.2. The molecule has 1 fully saturated rings. The third-order valence-electron chi connectivity index (χ3n) is 5.06. The van der Waals surface area contributed by atoms with E-state index in [0.717, 1.165) is 29.8 Å². The first-order valence-electron chi connectivity index (χ1n) is 8.41. The highest BCUT2D eigenvalue weighted by molar-refractivity contribution is 5.79. The molecule has 5 nitrogen and oxygen atoms in total. The van der Waals surface area contributed by atoms with Gasteiger partial charge in [0, 0.05) is 24.8 Å². The lowest BCUT2D eigenvalue weighted by molar-refractivity contribution is -0.141. The summed E-state index contributed by atoms with van der Waals surface area (Å²) in [7, 11) is 0. The minimum absolute atomic E-state index is 0.0420. The van der Waals surface area contributed by atoms with E-state index in [2.05, 4.69) is 20.6 Å². The number of nitrogens with zero attached hydrogens (tertiary/aromatic N) is 2. The number of amides is 1. The number of aryl methyl sites for hydroxylation is 1. The summed E-state index contributed by atoms with van der Waals surface area (Å²) in [6, 6.07) is 4.62. The van der Waals surface area contributed by atoms with Crippen molar-refractivity contribution in [1.29, 1.82) is 0 Å². The summed E-state index contributed by atoms with van der Waals surface area (Å²) in [5.41, 5.74) is 3.04. The first-order valence-corrected chi connectivity index (χ1v) is 8.41. The summed E-state index contributed by atoms with van der Waals surface area (Å²) >= 11 is 0. The smallest absolute Gasteiger partial charge is 0.356 e. The van der Waals surface area contributed by atoms with Crippen molar-refractivity contribution in [1.82, 2.24) is 15.3 Å². The monoisotopic (exact) mass is 362 g/mol. The van der Waals surface area contributed by atoms with E-state index in [1.54, 1.807) is 0 Å². The highest BCUT2D eigenvalue weighted by Crippen LogP contribution is 2.53. The molecule has 1 saturated heterocycles. The molecule has 4 rings (SSSR count). The molecule has 2 heterocycles. The number of anilines is 2. The maximum absolute atomic E-state index is 12.8. The molecule has 0 spiro atoms. The zero-order valence-electron chi connectivity index (χ0n) is 14.0. The Bertz CT molecular complexity index is 881. The number of halogens is 3. The van der Waals surface area contributed by atoms with Gasteiger partial charge in [-0.1, -0.05) is 0 Å². The molecule has 2 unspecified atom stereocenters. The van der Waals surface area contributed by atoms with E-state index in [1.807, 2.05) is 19.1 Å². The van der Waals surface area contributed by atoms with Gasteiger partial charge in [-0.25, -0.2) is 9.97 Å². The van der Waals surface area contributed by atoms with E-state index in [9.17, 15) is 18.0 Å². The van der Waals surface area contributed by atoms with Gasteiger partial charge in [-0.3, -0.25) is 4.79 Å². The van der Waals surface area contributed by atoms with Crippen molar-refractivity contribution < 1.29 is 18.0 Å². The van der Waals surface area contributed by atoms with Crippen LogP contribution in [0.2, 0.25) is 0 Å². The molecule has 0 bridgehead atoms. The van der Waals surface area contributed by atoms with Crippen LogP contribution in [-0.2, 0) is 11.0 Å². The molecule has 2 atom stereocenters. The van der Waals surface area contributed by atoms with Crippen LogP contribution in [0.5, 0.6) is 0 Å². The fraction of sp³-hybridized carbons (Fsp3) is 0.389. The van der Waals surface area contributed by atoms with Gasteiger partial charge in [-0.05, 0) is 60.1 Å². The predicted molar refractivity (Wildman–Crippen MR) is 89.2 cm³/mol. The maximum Gasteiger partial charge on any atom is 0.433 e. The van der Waals surface area contributed by atoms with Crippen molar-refractivity contribution in [3.63, 3.8) is 0 Å². The SMILES string of the molecule is Cc1cc(Nc2nccc(C(F)(F)F)n2)cc2c1C1CCNC(=O)CC21. The van der Waals surface area contributed by atoms with Gasteiger partial charge in [-0.15, -0.1) is 0 Å². The number of hydrogen-bond donors (Lipinski definition) is 2. The summed E-state index contributed by atoms with van der Waals surface area (Å²) in [6.45, 7) is 2.66. The molecule has 1 aromatic carbocycles. The minimum Gasteiger partial charge on any atom is -0.356 e. The molecule has 1 aliphatic carbocycles. The first-order chi connectivity index (χ1) is 12.3. The van der Waals surface area contributed by atoms with Crippen LogP contribution in [0, 0.1) is 6.92 Å². The molecule has 0 radical (unpaired) electrons. The average molecular weight is 362 g/mol. The van der Waals surface area contributed by atoms with Crippen LogP contribution < -0.4 is 10.6 Å². The van der Waals surface area contributed by atoms with Gasteiger partial charge in [0.05, 0.1) is 0 Å². The quantitative estimate of drug-likeness (QED) is 0.856. The van der Waals surface area contributed by atoms with E-state index in [0.29, 0.717) is 24.6 Å². The molecule has 8 heteroatoms. The topological polar surface area (TPSA) is 66.9 Å². The van der Waals surface area contributed by atoms with Gasteiger partial charge in [0.25, 0.3) is 0 Å². The van der Waals surface area contributed by atoms with Crippen molar-refractivity contribution in [3.05, 3.63) is 46.8 Å². The maximum atomic E-state index is 12.8. The van der Waals surface area contributed by atoms with E-state index < -0.39 is 11.9 Å². The van der Waals surface area contributed by atoms with E-state index in [1.165, 1.54) is 5.56 Å². The van der Waals surface area contributed by atoms with Crippen molar-refractivity contribution >= 4 is 17.5 Å². The Morgan fingerprint density at radius 1 is 1.27 bits per heavy atom. The number of nitrogens with one attached hydrogen (secondary N) is 2. The second-order valence-corrected chi connectivity index (χ2v) is 6.74. The number of alkyl halides is 3. The molecule has 1 aliphatic heterocycles. The second-order valence-electron chi connectivity index (χ2n) is 6.74. The lowest BCUT2D eigenvalue weighted by Crippen LogP contribution is -2.26. The van der Waals surface area contributed by atoms with Gasteiger partial charge in [0.2, 0.25) is 11.9 Å². The third-order valence-corrected chi connectivity index (χ3v) is 5.06. The van der Waals surface area contributed by atoms with E-state index in [-0.39, 0.29) is 17.8 Å². The molecule has 0 saturated carbocycles. The number of aromatic nitrogens is 2. The Morgan fingerprint density at radius 3 is 2.85 bits per heavy atom. The summed E-state index contributed by atoms with van der Waals surface area (Å²) in [6.07, 6.45) is -2.08. The number of carbonyl (C=O) groups excluding carboxylic acids is 1. The Kier molecular flexibility index (Phi) is 3.86. The molecule has 2 aliphatic rings. The number of fused-ring (bicyclic) bond motifs is 4. The lowest BCUT2D eigenvalue weighted by atomic mass is 9.64. The van der Waals surface area contributed by atoms with E-state index in [4.69, 9.17) is 0 Å². The molecular weight excluding hydrogens is 345 g/mol. The van der Waals surface area contributed by atoms with Gasteiger partial charge in [0.15, 0.2) is 0 Å². The molecule has 1 amide bonds. The highest BCUT2D eigenvalue weighted by atomic mass is 19.4. The van der Waals surface area contributed by atoms with Crippen molar-refractivity contribution in [2.75, 3.05) is 11.9 Å². The van der Waals surface area contributed by atoms with Gasteiger partial charge >= 0.3 is 6.18 Å². The Labute approximate surface area is 148 Å². The Hall–Kier alpha value is -2.64. The van der Waals surface area contributed by atoms with Crippen LogP contribution in [0.3, 0.4) is 0 Å². The summed E-state index contributed by atoms with van der Waals surface area (Å²) in [5.74, 6) is 0.465. The van der Waals surface area contributed by atoms with Gasteiger partial charge < -0.3 is 10.6 Å². The summed E-state index contributed by atoms with van der Waals surface area (Å²) < 4.78 is 38.4. The van der Waals surface area contributed by atoms with E-state index >= 15 is 0 Å². The fourth-order valence-electron chi connectivity index (χ4n) is 3.98. The standard InChI is InChI=1S/C18H17F3N4O/c1-9-6-10(24-17-23-5-3-14(25-17)18(19,20)21)7-13-12-8-15(26)22-4-2-11(12)16(9)13/h3,5-7,11-12H,2,4,8H2,1H3,(H,22,26)(H,23,24,25). The largest absolute Gasteiger partial charge is 0.433 e. The highest BCUT2D eigenvalue weighted by Gasteiger charge is 2.41. The number of benzene rings is 1. The minimum atomic E-state index is -4.52. The lowest BCUT2D eigenvalue weighted by Gasteiger charge is -2.40. The van der Waals surface area contributed by atoms with Crippen LogP contribution >= 0.6 is 0 Å². The average Bonchev–Trinajstić information content (AvgIpc) is 2.72. The third kappa shape index (κ3) is 2.89. The molecular formula is C18H17F3N4O. The normalized spacial score (nSPS) is 21.8. The molecule has 2 N–H and O–H groups in total. The Balaban J connectivity index is 1.63. The van der Waals surface area contributed by atoms with Gasteiger partial charge in [0.1, 0.15) is 5.69 Å². The molecule has 1 aromatic heterocycles. The predicted octanol–water partition coefficient (Wildman–Crippen LogP) is 3.64. The first kappa shape index (κ1) is 16.8. The van der Waals surface area contributed by atoms with Crippen LogP contribution in [0.4, 0.5) is 24.8 Å². The van der Waals surface area contributed by atoms with Crippen molar-refractivity contribution in [2.45, 2.75) is 37.8 Å². The number of rotatable bonds is 2. The van der Waals surface area contributed by atoms with Crippen LogP contribution in [0.15, 0.2) is 24.4 Å².